The standard InChI is InChI=1S/C19H38N2O3/c1-2-3-4-5-6-7-8-9-10-11-12-13-14-15-17(22)19(20,21)16-18(23)24/h2-16,20-21H2,1H3,(H,23,24). The predicted molar refractivity (Wildman–Crippen MR) is 98.7 cm³/mol. The zero-order chi connectivity index (χ0) is 18.3. The van der Waals surface area contributed by atoms with Crippen LogP contribution >= 0.6 is 0 Å². The highest BCUT2D eigenvalue weighted by Crippen LogP contribution is 2.14. The van der Waals surface area contributed by atoms with Gasteiger partial charge in [0, 0.05) is 6.42 Å². The lowest BCUT2D eigenvalue weighted by atomic mass is 9.97. The van der Waals surface area contributed by atoms with E-state index in [4.69, 9.17) is 16.6 Å². The molecule has 0 fully saturated rings. The maximum Gasteiger partial charge on any atom is 0.307 e. The van der Waals surface area contributed by atoms with E-state index in [9.17, 15) is 9.59 Å². The quantitative estimate of drug-likeness (QED) is 0.272. The van der Waals surface area contributed by atoms with Crippen molar-refractivity contribution in [3.8, 4) is 0 Å². The zero-order valence-electron chi connectivity index (χ0n) is 15.5. The summed E-state index contributed by atoms with van der Waals surface area (Å²) >= 11 is 0. The van der Waals surface area contributed by atoms with Gasteiger partial charge in [0.15, 0.2) is 5.78 Å². The van der Waals surface area contributed by atoms with Crippen molar-refractivity contribution in [2.75, 3.05) is 0 Å². The van der Waals surface area contributed by atoms with Gasteiger partial charge in [-0.25, -0.2) is 0 Å². The molecule has 5 nitrogen and oxygen atoms in total. The third-order valence-electron chi connectivity index (χ3n) is 4.47. The summed E-state index contributed by atoms with van der Waals surface area (Å²) in [6.07, 6.45) is 15.9. The Kier molecular flexibility index (Phi) is 13.8. The van der Waals surface area contributed by atoms with Gasteiger partial charge < -0.3 is 16.6 Å². The molecule has 0 aliphatic carbocycles. The van der Waals surface area contributed by atoms with Gasteiger partial charge in [0.2, 0.25) is 0 Å². The van der Waals surface area contributed by atoms with E-state index in [0.717, 1.165) is 19.3 Å². The van der Waals surface area contributed by atoms with Crippen LogP contribution in [-0.2, 0) is 9.59 Å². The van der Waals surface area contributed by atoms with Gasteiger partial charge in [0.25, 0.3) is 0 Å². The molecule has 0 saturated carbocycles. The number of ketones is 1. The third-order valence-corrected chi connectivity index (χ3v) is 4.47. The van der Waals surface area contributed by atoms with Crippen LogP contribution in [0, 0.1) is 0 Å². The molecule has 24 heavy (non-hydrogen) atoms. The van der Waals surface area contributed by atoms with Gasteiger partial charge in [0.1, 0.15) is 5.66 Å². The largest absolute Gasteiger partial charge is 0.481 e. The number of unbranched alkanes of at least 4 members (excludes halogenated alkanes) is 12. The lowest BCUT2D eigenvalue weighted by molar-refractivity contribution is -0.141. The molecule has 0 radical (unpaired) electrons. The maximum atomic E-state index is 11.8. The molecule has 0 rings (SSSR count). The number of carbonyl (C=O) groups excluding carboxylic acids is 1. The van der Waals surface area contributed by atoms with E-state index in [0.29, 0.717) is 0 Å². The van der Waals surface area contributed by atoms with Crippen LogP contribution in [0.5, 0.6) is 0 Å². The Morgan fingerprint density at radius 2 is 1.12 bits per heavy atom. The monoisotopic (exact) mass is 342 g/mol. The minimum Gasteiger partial charge on any atom is -0.481 e. The van der Waals surface area contributed by atoms with Crippen molar-refractivity contribution in [2.45, 2.75) is 109 Å². The van der Waals surface area contributed by atoms with Crippen LogP contribution in [-0.4, -0.2) is 22.5 Å². The Morgan fingerprint density at radius 1 is 0.750 bits per heavy atom. The van der Waals surface area contributed by atoms with Crippen molar-refractivity contribution in [1.82, 2.24) is 0 Å². The molecule has 0 atom stereocenters. The van der Waals surface area contributed by atoms with Gasteiger partial charge in [-0.3, -0.25) is 9.59 Å². The fraction of sp³-hybridized carbons (Fsp3) is 0.895. The first-order valence-electron chi connectivity index (χ1n) is 9.73. The highest BCUT2D eigenvalue weighted by molar-refractivity contribution is 5.91. The number of aliphatic carboxylic acids is 1. The Balaban J connectivity index is 3.39. The Bertz CT molecular complexity index is 344. The fourth-order valence-electron chi connectivity index (χ4n) is 2.88. The lowest BCUT2D eigenvalue weighted by Gasteiger charge is -2.20. The molecule has 0 amide bonds. The SMILES string of the molecule is CCCCCCCCCCCCCCCC(=O)C(N)(N)CC(=O)O. The molecule has 0 spiro atoms. The van der Waals surface area contributed by atoms with E-state index in [-0.39, 0.29) is 12.2 Å². The van der Waals surface area contributed by atoms with E-state index >= 15 is 0 Å². The van der Waals surface area contributed by atoms with E-state index in [2.05, 4.69) is 6.92 Å². The molecule has 0 bridgehead atoms. The number of rotatable bonds is 17. The number of carboxylic acid groups (broad SMARTS) is 1. The topological polar surface area (TPSA) is 106 Å². The molecular weight excluding hydrogens is 304 g/mol. The second kappa shape index (κ2) is 14.4. The van der Waals surface area contributed by atoms with E-state index in [1.54, 1.807) is 0 Å². The second-order valence-electron chi connectivity index (χ2n) is 7.03. The van der Waals surface area contributed by atoms with Crippen LogP contribution in [0.15, 0.2) is 0 Å². The predicted octanol–water partition coefficient (Wildman–Crippen LogP) is 4.13. The number of Topliss-reactive ketones (excluding diaryl/α,β-unsaturated/α-hetero) is 1. The Hall–Kier alpha value is -0.940. The Morgan fingerprint density at radius 3 is 1.50 bits per heavy atom. The molecule has 0 aromatic heterocycles. The molecule has 5 heteroatoms. The van der Waals surface area contributed by atoms with Crippen LogP contribution < -0.4 is 11.5 Å². The summed E-state index contributed by atoms with van der Waals surface area (Å²) in [6.45, 7) is 2.24. The average Bonchev–Trinajstić information content (AvgIpc) is 2.50. The summed E-state index contributed by atoms with van der Waals surface area (Å²) in [4.78, 5) is 22.4. The van der Waals surface area contributed by atoms with Crippen LogP contribution in [0.3, 0.4) is 0 Å². The lowest BCUT2D eigenvalue weighted by Crippen LogP contribution is -2.57. The number of carboxylic acids is 1. The number of carbonyl (C=O) groups is 2. The fourth-order valence-corrected chi connectivity index (χ4v) is 2.88. The summed E-state index contributed by atoms with van der Waals surface area (Å²) in [5.41, 5.74) is 9.39. The van der Waals surface area contributed by atoms with E-state index < -0.39 is 18.1 Å². The van der Waals surface area contributed by atoms with Gasteiger partial charge in [-0.15, -0.1) is 0 Å². The molecule has 142 valence electrons. The summed E-state index contributed by atoms with van der Waals surface area (Å²) in [6, 6.07) is 0. The van der Waals surface area contributed by atoms with Gasteiger partial charge in [-0.1, -0.05) is 84.0 Å². The molecule has 5 N–H and O–H groups in total. The van der Waals surface area contributed by atoms with Crippen LogP contribution in [0.2, 0.25) is 0 Å². The van der Waals surface area contributed by atoms with Gasteiger partial charge in [-0.2, -0.15) is 0 Å². The first kappa shape index (κ1) is 23.1. The van der Waals surface area contributed by atoms with Gasteiger partial charge in [-0.05, 0) is 6.42 Å². The van der Waals surface area contributed by atoms with Crippen molar-refractivity contribution in [1.29, 1.82) is 0 Å². The molecule has 0 unspecified atom stereocenters. The van der Waals surface area contributed by atoms with Gasteiger partial charge in [0.05, 0.1) is 6.42 Å². The third kappa shape index (κ3) is 13.5. The average molecular weight is 343 g/mol. The highest BCUT2D eigenvalue weighted by Gasteiger charge is 2.30. The Labute approximate surface area is 147 Å². The summed E-state index contributed by atoms with van der Waals surface area (Å²) in [7, 11) is 0. The first-order chi connectivity index (χ1) is 11.4. The summed E-state index contributed by atoms with van der Waals surface area (Å²) in [5, 5.41) is 8.67. The minimum absolute atomic E-state index is 0.276. The van der Waals surface area contributed by atoms with Crippen LogP contribution in [0.1, 0.15) is 103 Å². The van der Waals surface area contributed by atoms with Crippen LogP contribution in [0.4, 0.5) is 0 Å². The molecular formula is C19H38N2O3. The number of hydrogen-bond donors (Lipinski definition) is 3. The van der Waals surface area contributed by atoms with E-state index in [1.165, 1.54) is 64.2 Å². The highest BCUT2D eigenvalue weighted by atomic mass is 16.4. The second-order valence-corrected chi connectivity index (χ2v) is 7.03. The van der Waals surface area contributed by atoms with Crippen molar-refractivity contribution < 1.29 is 14.7 Å². The molecule has 0 aromatic rings. The molecule has 0 aliphatic rings. The normalized spacial score (nSPS) is 11.6. The number of nitrogens with two attached hydrogens (primary N) is 2. The minimum atomic E-state index is -1.72. The first-order valence-corrected chi connectivity index (χ1v) is 9.73. The molecule has 0 aliphatic heterocycles. The van der Waals surface area contributed by atoms with Crippen LogP contribution in [0.25, 0.3) is 0 Å². The van der Waals surface area contributed by atoms with E-state index in [1.807, 2.05) is 0 Å². The van der Waals surface area contributed by atoms with Gasteiger partial charge >= 0.3 is 5.97 Å². The molecule has 0 aromatic carbocycles. The maximum absolute atomic E-state index is 11.8. The zero-order valence-corrected chi connectivity index (χ0v) is 15.5. The molecule has 0 heterocycles. The summed E-state index contributed by atoms with van der Waals surface area (Å²) < 4.78 is 0. The number of hydrogen-bond acceptors (Lipinski definition) is 4. The smallest absolute Gasteiger partial charge is 0.307 e. The molecule has 0 saturated heterocycles. The van der Waals surface area contributed by atoms with Crippen molar-refractivity contribution in [2.24, 2.45) is 11.5 Å². The van der Waals surface area contributed by atoms with Crippen molar-refractivity contribution in [3.05, 3.63) is 0 Å². The van der Waals surface area contributed by atoms with Crippen molar-refractivity contribution >= 4 is 11.8 Å². The van der Waals surface area contributed by atoms with Crippen molar-refractivity contribution in [3.63, 3.8) is 0 Å². The summed E-state index contributed by atoms with van der Waals surface area (Å²) in [5.74, 6) is -1.49.